The van der Waals surface area contributed by atoms with E-state index in [9.17, 15) is 24.3 Å². The number of anilines is 1. The first-order chi connectivity index (χ1) is 15.2. The maximum Gasteiger partial charge on any atom is 0.332 e. The fourth-order valence-corrected chi connectivity index (χ4v) is 4.04. The number of carbonyl (C=O) groups is 3. The standard InChI is InChI=1S/C19H23N5O8/c1-8(25)30-7-11-4-14(31-9(2)26)16(32-11)24-15-13(5-21-18(20)22-15)23(19(24)29)6-10-3-12(10)17(27)28/h5,10-12,14,16H,3-4,6-7H2,1-2H3,(H,27,28)(H2,20,21,22)/t10?,11-,12?,14+,16+/m0/s1. The van der Waals surface area contributed by atoms with Crippen LogP contribution in [0.15, 0.2) is 11.0 Å². The molecule has 1 aliphatic carbocycles. The predicted molar refractivity (Wildman–Crippen MR) is 106 cm³/mol. The normalized spacial score (nSPS) is 26.8. The van der Waals surface area contributed by atoms with Crippen molar-refractivity contribution in [1.29, 1.82) is 0 Å². The average molecular weight is 449 g/mol. The van der Waals surface area contributed by atoms with Crippen LogP contribution in [0.1, 0.15) is 32.9 Å². The zero-order valence-electron chi connectivity index (χ0n) is 17.5. The van der Waals surface area contributed by atoms with Crippen LogP contribution in [0.5, 0.6) is 0 Å². The molecule has 4 rings (SSSR count). The van der Waals surface area contributed by atoms with Gasteiger partial charge in [0.15, 0.2) is 11.9 Å². The van der Waals surface area contributed by atoms with Gasteiger partial charge in [-0.15, -0.1) is 0 Å². The van der Waals surface area contributed by atoms with Gasteiger partial charge in [0.2, 0.25) is 5.95 Å². The number of nitrogens with two attached hydrogens (primary N) is 1. The molecule has 32 heavy (non-hydrogen) atoms. The number of imidazole rings is 1. The monoisotopic (exact) mass is 449 g/mol. The number of ether oxygens (including phenoxy) is 3. The Bertz CT molecular complexity index is 1140. The van der Waals surface area contributed by atoms with Crippen LogP contribution in [0.4, 0.5) is 5.95 Å². The SMILES string of the molecule is CC(=O)OC[C@@H]1C[C@@H](OC(C)=O)[C@H](n2c(=O)n(CC3CC3C(=O)O)c3cnc(N)nc32)O1. The van der Waals surface area contributed by atoms with E-state index in [1.165, 1.54) is 29.2 Å². The molecule has 13 heteroatoms. The highest BCUT2D eigenvalue weighted by Gasteiger charge is 2.45. The summed E-state index contributed by atoms with van der Waals surface area (Å²) in [6.07, 6.45) is -0.448. The van der Waals surface area contributed by atoms with E-state index in [1.54, 1.807) is 0 Å². The number of carbonyl (C=O) groups excluding carboxylic acids is 2. The van der Waals surface area contributed by atoms with Gasteiger partial charge in [-0.2, -0.15) is 4.98 Å². The van der Waals surface area contributed by atoms with E-state index >= 15 is 0 Å². The molecule has 2 aromatic heterocycles. The van der Waals surface area contributed by atoms with Crippen molar-refractivity contribution < 1.29 is 33.7 Å². The van der Waals surface area contributed by atoms with Crippen LogP contribution in [0, 0.1) is 11.8 Å². The summed E-state index contributed by atoms with van der Waals surface area (Å²) in [5.41, 5.74) is 5.75. The third kappa shape index (κ3) is 4.15. The summed E-state index contributed by atoms with van der Waals surface area (Å²) in [6.45, 7) is 2.59. The molecule has 0 radical (unpaired) electrons. The topological polar surface area (TPSA) is 178 Å². The molecule has 5 atom stereocenters. The molecular formula is C19H23N5O8. The number of carboxylic acid groups (broad SMARTS) is 1. The molecule has 3 N–H and O–H groups in total. The Morgan fingerprint density at radius 1 is 1.28 bits per heavy atom. The van der Waals surface area contributed by atoms with Gasteiger partial charge in [-0.05, 0) is 12.3 Å². The number of carboxylic acids is 1. The molecule has 2 fully saturated rings. The number of fused-ring (bicyclic) bond motifs is 1. The number of aromatic nitrogens is 4. The number of aliphatic carboxylic acids is 1. The molecular weight excluding hydrogens is 426 g/mol. The number of rotatable bonds is 7. The Kier molecular flexibility index (Phi) is 5.59. The van der Waals surface area contributed by atoms with Gasteiger partial charge in [0.25, 0.3) is 0 Å². The number of hydrogen-bond donors (Lipinski definition) is 2. The van der Waals surface area contributed by atoms with Gasteiger partial charge in [-0.25, -0.2) is 14.3 Å². The maximum absolute atomic E-state index is 13.4. The van der Waals surface area contributed by atoms with Gasteiger partial charge in [-0.3, -0.25) is 19.0 Å². The first-order valence-electron chi connectivity index (χ1n) is 10.1. The van der Waals surface area contributed by atoms with Gasteiger partial charge in [0.05, 0.1) is 18.2 Å². The molecule has 13 nitrogen and oxygen atoms in total. The summed E-state index contributed by atoms with van der Waals surface area (Å²) in [4.78, 5) is 55.6. The Morgan fingerprint density at radius 2 is 2.03 bits per heavy atom. The van der Waals surface area contributed by atoms with Gasteiger partial charge in [0.1, 0.15) is 18.2 Å². The highest BCUT2D eigenvalue weighted by Crippen LogP contribution is 2.40. The third-order valence-electron chi connectivity index (χ3n) is 5.57. The molecule has 0 aromatic carbocycles. The van der Waals surface area contributed by atoms with Crippen molar-refractivity contribution in [2.45, 2.75) is 51.7 Å². The first kappa shape index (κ1) is 21.7. The first-order valence-corrected chi connectivity index (χ1v) is 10.1. The van der Waals surface area contributed by atoms with E-state index in [0.29, 0.717) is 11.9 Å². The fraction of sp³-hybridized carbons (Fsp3) is 0.579. The average Bonchev–Trinajstić information content (AvgIpc) is 3.31. The molecule has 172 valence electrons. The van der Waals surface area contributed by atoms with Crippen molar-refractivity contribution in [2.75, 3.05) is 12.3 Å². The van der Waals surface area contributed by atoms with E-state index in [0.717, 1.165) is 0 Å². The summed E-state index contributed by atoms with van der Waals surface area (Å²) in [5, 5.41) is 9.20. The van der Waals surface area contributed by atoms with Crippen LogP contribution in [-0.2, 0) is 35.1 Å². The highest BCUT2D eigenvalue weighted by molar-refractivity contribution is 5.74. The molecule has 0 amide bonds. The second-order valence-corrected chi connectivity index (χ2v) is 7.98. The highest BCUT2D eigenvalue weighted by atomic mass is 16.6. The maximum atomic E-state index is 13.4. The van der Waals surface area contributed by atoms with Crippen LogP contribution in [0.2, 0.25) is 0 Å². The fourth-order valence-electron chi connectivity index (χ4n) is 4.04. The van der Waals surface area contributed by atoms with E-state index < -0.39 is 48.0 Å². The third-order valence-corrected chi connectivity index (χ3v) is 5.57. The zero-order chi connectivity index (χ0) is 23.2. The quantitative estimate of drug-likeness (QED) is 0.529. The Balaban J connectivity index is 1.73. The number of nitrogen functional groups attached to an aromatic ring is 1. The molecule has 1 aliphatic heterocycles. The Hall–Kier alpha value is -3.48. The minimum atomic E-state index is -1.04. The lowest BCUT2D eigenvalue weighted by Crippen LogP contribution is -2.34. The molecule has 0 spiro atoms. The van der Waals surface area contributed by atoms with Crippen molar-refractivity contribution in [2.24, 2.45) is 11.8 Å². The summed E-state index contributed by atoms with van der Waals surface area (Å²) in [7, 11) is 0. The van der Waals surface area contributed by atoms with E-state index in [2.05, 4.69) is 9.97 Å². The minimum Gasteiger partial charge on any atom is -0.481 e. The van der Waals surface area contributed by atoms with Crippen molar-refractivity contribution in [3.05, 3.63) is 16.7 Å². The molecule has 2 aromatic rings. The summed E-state index contributed by atoms with van der Waals surface area (Å²) in [6, 6.07) is 0. The van der Waals surface area contributed by atoms with Crippen LogP contribution in [0.3, 0.4) is 0 Å². The van der Waals surface area contributed by atoms with Crippen LogP contribution >= 0.6 is 0 Å². The Morgan fingerprint density at radius 3 is 2.66 bits per heavy atom. The van der Waals surface area contributed by atoms with Crippen molar-refractivity contribution >= 4 is 35.0 Å². The van der Waals surface area contributed by atoms with Crippen LogP contribution in [-0.4, -0.2) is 60.9 Å². The second kappa shape index (κ2) is 8.22. The number of esters is 2. The molecule has 2 unspecified atom stereocenters. The van der Waals surface area contributed by atoms with E-state index in [-0.39, 0.29) is 37.1 Å². The largest absolute Gasteiger partial charge is 0.481 e. The van der Waals surface area contributed by atoms with Crippen molar-refractivity contribution in [3.63, 3.8) is 0 Å². The summed E-state index contributed by atoms with van der Waals surface area (Å²) in [5.74, 6) is -2.75. The predicted octanol–water partition coefficient (Wildman–Crippen LogP) is -0.322. The lowest BCUT2D eigenvalue weighted by molar-refractivity contribution is -0.153. The molecule has 2 aliphatic rings. The van der Waals surface area contributed by atoms with Gasteiger partial charge in [0, 0.05) is 26.8 Å². The minimum absolute atomic E-state index is 0.0725. The number of hydrogen-bond acceptors (Lipinski definition) is 10. The van der Waals surface area contributed by atoms with Gasteiger partial charge in [-0.1, -0.05) is 0 Å². The van der Waals surface area contributed by atoms with E-state index in [1.807, 2.05) is 0 Å². The van der Waals surface area contributed by atoms with Crippen molar-refractivity contribution in [3.8, 4) is 0 Å². The Labute approximate surface area is 181 Å². The lowest BCUT2D eigenvalue weighted by atomic mass is 10.2. The smallest absolute Gasteiger partial charge is 0.332 e. The summed E-state index contributed by atoms with van der Waals surface area (Å²) >= 11 is 0. The van der Waals surface area contributed by atoms with E-state index in [4.69, 9.17) is 19.9 Å². The molecule has 1 saturated heterocycles. The molecule has 0 bridgehead atoms. The van der Waals surface area contributed by atoms with Gasteiger partial charge < -0.3 is 25.1 Å². The van der Waals surface area contributed by atoms with Crippen LogP contribution in [0.25, 0.3) is 11.2 Å². The molecule has 1 saturated carbocycles. The van der Waals surface area contributed by atoms with Gasteiger partial charge >= 0.3 is 23.6 Å². The zero-order valence-corrected chi connectivity index (χ0v) is 17.5. The summed E-state index contributed by atoms with van der Waals surface area (Å²) < 4.78 is 18.9. The van der Waals surface area contributed by atoms with Crippen molar-refractivity contribution in [1.82, 2.24) is 19.1 Å². The molecule has 3 heterocycles. The number of nitrogens with zero attached hydrogens (tertiary/aromatic N) is 4. The van der Waals surface area contributed by atoms with Crippen LogP contribution < -0.4 is 11.4 Å². The lowest BCUT2D eigenvalue weighted by Gasteiger charge is -2.19. The second-order valence-electron chi connectivity index (χ2n) is 7.98.